The van der Waals surface area contributed by atoms with E-state index in [1.807, 2.05) is 59.2 Å². The highest BCUT2D eigenvalue weighted by Gasteiger charge is 2.27. The van der Waals surface area contributed by atoms with Crippen molar-refractivity contribution in [2.24, 2.45) is 5.92 Å². The van der Waals surface area contributed by atoms with E-state index < -0.39 is 0 Å². The molecular formula is C32H30N8O2. The zero-order valence-corrected chi connectivity index (χ0v) is 23.3. The van der Waals surface area contributed by atoms with E-state index in [9.17, 15) is 9.59 Å². The highest BCUT2D eigenvalue weighted by Crippen LogP contribution is 2.31. The average Bonchev–Trinajstić information content (AvgIpc) is 3.54. The minimum absolute atomic E-state index is 0.269. The highest BCUT2D eigenvalue weighted by molar-refractivity contribution is 5.80. The molecule has 210 valence electrons. The maximum Gasteiger partial charge on any atom is 0.337 e. The minimum atomic E-state index is -0.331. The Bertz CT molecular complexity index is 1980. The molecule has 3 aromatic heterocycles. The Balaban J connectivity index is 1.34. The number of aromatic nitrogens is 8. The summed E-state index contributed by atoms with van der Waals surface area (Å²) in [5, 5.41) is 14.5. The molecule has 0 amide bonds. The number of aryl methyl sites for hydroxylation is 1. The number of rotatable bonds is 9. The molecule has 42 heavy (non-hydrogen) atoms. The predicted molar refractivity (Wildman–Crippen MR) is 160 cm³/mol. The maximum atomic E-state index is 14.0. The van der Waals surface area contributed by atoms with Gasteiger partial charge in [0.2, 0.25) is 5.82 Å². The van der Waals surface area contributed by atoms with E-state index in [0.717, 1.165) is 47.3 Å². The third kappa shape index (κ3) is 4.64. The maximum absolute atomic E-state index is 14.0. The van der Waals surface area contributed by atoms with Crippen molar-refractivity contribution in [3.05, 3.63) is 111 Å². The Morgan fingerprint density at radius 1 is 0.881 bits per heavy atom. The lowest BCUT2D eigenvalue weighted by Gasteiger charge is -2.13. The van der Waals surface area contributed by atoms with Crippen LogP contribution in [-0.4, -0.2) is 39.3 Å². The van der Waals surface area contributed by atoms with Crippen LogP contribution in [0.15, 0.2) is 88.5 Å². The third-order valence-electron chi connectivity index (χ3n) is 7.85. The highest BCUT2D eigenvalue weighted by atomic mass is 16.2. The van der Waals surface area contributed by atoms with Crippen LogP contribution < -0.4 is 11.2 Å². The Morgan fingerprint density at radius 2 is 1.62 bits per heavy atom. The van der Waals surface area contributed by atoms with Gasteiger partial charge in [-0.1, -0.05) is 73.7 Å². The monoisotopic (exact) mass is 558 g/mol. The van der Waals surface area contributed by atoms with Gasteiger partial charge in [-0.25, -0.2) is 14.3 Å². The number of H-pyrrole nitrogens is 1. The Morgan fingerprint density at radius 3 is 2.31 bits per heavy atom. The molecule has 0 unspecified atom stereocenters. The molecule has 1 N–H and O–H groups in total. The minimum Gasteiger partial charge on any atom is -0.318 e. The standard InChI is InChI=1S/C32H30N8O2/c1-2-8-27-33-30-28(31(41)39(20-21-13-14-21)32(42)40(30)24-9-4-3-5-10-24)38(27)19-22-15-17-23(18-16-22)25-11-6-7-12-26(25)29-34-36-37-35-29/h3-7,9-12,15-18,21H,2,8,13-14,19-20H2,1H3,(H,34,35,36,37). The van der Waals surface area contributed by atoms with Crippen molar-refractivity contribution in [3.8, 4) is 28.2 Å². The van der Waals surface area contributed by atoms with Gasteiger partial charge in [-0.2, -0.15) is 5.21 Å². The average molecular weight is 559 g/mol. The summed E-state index contributed by atoms with van der Waals surface area (Å²) < 4.78 is 5.03. The smallest absolute Gasteiger partial charge is 0.318 e. The Hall–Kier alpha value is -5.12. The summed E-state index contributed by atoms with van der Waals surface area (Å²) in [6, 6.07) is 25.7. The number of hydrogen-bond donors (Lipinski definition) is 1. The normalized spacial score (nSPS) is 13.2. The first-order chi connectivity index (χ1) is 20.6. The van der Waals surface area contributed by atoms with Crippen LogP contribution in [0.4, 0.5) is 0 Å². The van der Waals surface area contributed by atoms with Crippen molar-refractivity contribution in [2.45, 2.75) is 45.7 Å². The number of benzene rings is 3. The van der Waals surface area contributed by atoms with Gasteiger partial charge in [-0.15, -0.1) is 10.2 Å². The van der Waals surface area contributed by atoms with Gasteiger partial charge in [0.15, 0.2) is 11.2 Å². The quantitative estimate of drug-likeness (QED) is 0.277. The topological polar surface area (TPSA) is 116 Å². The first-order valence-electron chi connectivity index (χ1n) is 14.3. The van der Waals surface area contributed by atoms with Gasteiger partial charge in [0, 0.05) is 25.1 Å². The second-order valence-corrected chi connectivity index (χ2v) is 10.8. The number of nitrogens with one attached hydrogen (secondary N) is 1. The van der Waals surface area contributed by atoms with E-state index in [-0.39, 0.29) is 11.2 Å². The van der Waals surface area contributed by atoms with Crippen LogP contribution in [0, 0.1) is 5.92 Å². The molecule has 1 aliphatic rings. The van der Waals surface area contributed by atoms with Crippen molar-refractivity contribution in [1.29, 1.82) is 0 Å². The molecule has 3 aromatic carbocycles. The molecule has 0 atom stereocenters. The first kappa shape index (κ1) is 25.8. The number of tetrazole rings is 1. The fourth-order valence-corrected chi connectivity index (χ4v) is 5.57. The van der Waals surface area contributed by atoms with Gasteiger partial charge in [0.1, 0.15) is 5.82 Å². The van der Waals surface area contributed by atoms with Crippen molar-refractivity contribution >= 4 is 11.2 Å². The van der Waals surface area contributed by atoms with Crippen LogP contribution in [0.2, 0.25) is 0 Å². The third-order valence-corrected chi connectivity index (χ3v) is 7.85. The van der Waals surface area contributed by atoms with Crippen molar-refractivity contribution in [1.82, 2.24) is 39.3 Å². The van der Waals surface area contributed by atoms with Crippen LogP contribution in [0.1, 0.15) is 37.6 Å². The Labute approximate surface area is 241 Å². The number of para-hydroxylation sites is 1. The molecule has 0 aliphatic heterocycles. The summed E-state index contributed by atoms with van der Waals surface area (Å²) in [7, 11) is 0. The summed E-state index contributed by atoms with van der Waals surface area (Å²) >= 11 is 0. The van der Waals surface area contributed by atoms with Crippen LogP contribution in [-0.2, 0) is 19.5 Å². The number of imidazole rings is 1. The van der Waals surface area contributed by atoms with Gasteiger partial charge >= 0.3 is 5.69 Å². The van der Waals surface area contributed by atoms with E-state index in [2.05, 4.69) is 51.8 Å². The van der Waals surface area contributed by atoms with E-state index in [4.69, 9.17) is 4.98 Å². The van der Waals surface area contributed by atoms with E-state index in [1.54, 1.807) is 4.57 Å². The molecule has 1 fully saturated rings. The van der Waals surface area contributed by atoms with E-state index >= 15 is 0 Å². The lowest BCUT2D eigenvalue weighted by atomic mass is 9.98. The van der Waals surface area contributed by atoms with Crippen LogP contribution in [0.5, 0.6) is 0 Å². The van der Waals surface area contributed by atoms with Gasteiger partial charge in [0.05, 0.1) is 5.69 Å². The molecule has 1 saturated carbocycles. The fraction of sp³-hybridized carbons (Fsp3) is 0.250. The lowest BCUT2D eigenvalue weighted by molar-refractivity contribution is 0.567. The van der Waals surface area contributed by atoms with Gasteiger partial charge in [0.25, 0.3) is 5.56 Å². The fourth-order valence-electron chi connectivity index (χ4n) is 5.57. The number of aromatic amines is 1. The number of nitrogens with zero attached hydrogens (tertiary/aromatic N) is 7. The van der Waals surface area contributed by atoms with Crippen molar-refractivity contribution in [2.75, 3.05) is 0 Å². The number of fused-ring (bicyclic) bond motifs is 1. The summed E-state index contributed by atoms with van der Waals surface area (Å²) in [5.74, 6) is 1.70. The van der Waals surface area contributed by atoms with Crippen LogP contribution in [0.25, 0.3) is 39.4 Å². The van der Waals surface area contributed by atoms with Crippen LogP contribution in [0.3, 0.4) is 0 Å². The van der Waals surface area contributed by atoms with Gasteiger partial charge in [-0.3, -0.25) is 9.36 Å². The first-order valence-corrected chi connectivity index (χ1v) is 14.3. The van der Waals surface area contributed by atoms with Gasteiger partial charge in [-0.05, 0) is 59.2 Å². The van der Waals surface area contributed by atoms with E-state index in [0.29, 0.717) is 48.1 Å². The molecule has 7 rings (SSSR count). The molecule has 10 heteroatoms. The summed E-state index contributed by atoms with van der Waals surface area (Å²) in [5.41, 5.74) is 4.92. The SMILES string of the molecule is CCCc1nc2c(c(=O)n(CC3CC3)c(=O)n2-c2ccccc2)n1Cc1ccc(-c2ccccc2-c2nn[nH]n2)cc1. The molecular weight excluding hydrogens is 528 g/mol. The van der Waals surface area contributed by atoms with Gasteiger partial charge < -0.3 is 4.57 Å². The lowest BCUT2D eigenvalue weighted by Crippen LogP contribution is -2.40. The Kier molecular flexibility index (Phi) is 6.58. The molecule has 6 aromatic rings. The molecule has 0 radical (unpaired) electrons. The van der Waals surface area contributed by atoms with Crippen molar-refractivity contribution < 1.29 is 0 Å². The summed E-state index contributed by atoms with van der Waals surface area (Å²) in [6.07, 6.45) is 3.63. The van der Waals surface area contributed by atoms with Crippen molar-refractivity contribution in [3.63, 3.8) is 0 Å². The van der Waals surface area contributed by atoms with E-state index in [1.165, 1.54) is 4.57 Å². The zero-order chi connectivity index (χ0) is 28.6. The second-order valence-electron chi connectivity index (χ2n) is 10.8. The number of hydrogen-bond acceptors (Lipinski definition) is 6. The molecule has 0 spiro atoms. The molecule has 10 nitrogen and oxygen atoms in total. The van der Waals surface area contributed by atoms with Crippen LogP contribution >= 0.6 is 0 Å². The molecule has 3 heterocycles. The molecule has 1 aliphatic carbocycles. The predicted octanol–water partition coefficient (Wildman–Crippen LogP) is 4.61. The summed E-state index contributed by atoms with van der Waals surface area (Å²) in [4.78, 5) is 32.7. The molecule has 0 bridgehead atoms. The second kappa shape index (κ2) is 10.7. The summed E-state index contributed by atoms with van der Waals surface area (Å²) in [6.45, 7) is 2.99. The zero-order valence-electron chi connectivity index (χ0n) is 23.3. The molecule has 0 saturated heterocycles. The largest absolute Gasteiger partial charge is 0.337 e.